The lowest BCUT2D eigenvalue weighted by atomic mass is 9.97. The van der Waals surface area contributed by atoms with E-state index in [1.165, 1.54) is 4.88 Å². The fourth-order valence-corrected chi connectivity index (χ4v) is 6.75. The summed E-state index contributed by atoms with van der Waals surface area (Å²) in [5.41, 5.74) is 0.585. The van der Waals surface area contributed by atoms with E-state index in [0.717, 1.165) is 43.8 Å². The van der Waals surface area contributed by atoms with Gasteiger partial charge in [-0.05, 0) is 67.9 Å². The Bertz CT molecular complexity index is 1000. The van der Waals surface area contributed by atoms with Crippen LogP contribution in [0.5, 0.6) is 0 Å². The van der Waals surface area contributed by atoms with Crippen LogP contribution in [-0.4, -0.2) is 51.2 Å². The molecular formula is C22H29N3O3S3. The summed E-state index contributed by atoms with van der Waals surface area (Å²) in [6.07, 6.45) is 3.09. The third-order valence-electron chi connectivity index (χ3n) is 5.98. The normalized spacial score (nSPS) is 20.8. The monoisotopic (exact) mass is 479 g/mol. The molecule has 2 aliphatic rings. The van der Waals surface area contributed by atoms with Crippen LogP contribution in [-0.2, 0) is 21.2 Å². The number of sulfonamides is 1. The Morgan fingerprint density at radius 2 is 2.03 bits per heavy atom. The quantitative estimate of drug-likeness (QED) is 0.634. The van der Waals surface area contributed by atoms with Gasteiger partial charge in [0, 0.05) is 34.5 Å². The van der Waals surface area contributed by atoms with E-state index in [1.54, 1.807) is 41.3 Å². The Balaban J connectivity index is 1.29. The molecule has 0 spiro atoms. The predicted molar refractivity (Wildman–Crippen MR) is 127 cm³/mol. The number of likely N-dealkylation sites (tertiary alicyclic amines) is 1. The Morgan fingerprint density at radius 1 is 1.23 bits per heavy atom. The first-order valence-corrected chi connectivity index (χ1v) is 14.1. The second-order valence-electron chi connectivity index (χ2n) is 8.33. The Kier molecular flexibility index (Phi) is 7.38. The van der Waals surface area contributed by atoms with Crippen LogP contribution in [0.4, 0.5) is 5.69 Å². The largest absolute Gasteiger partial charge is 0.325 e. The average molecular weight is 480 g/mol. The maximum absolute atomic E-state index is 12.9. The van der Waals surface area contributed by atoms with Crippen LogP contribution in [0, 0.1) is 11.8 Å². The Labute approximate surface area is 192 Å². The number of piperidine rings is 1. The molecule has 1 amide bonds. The number of anilines is 1. The van der Waals surface area contributed by atoms with Crippen LogP contribution in [0.2, 0.25) is 0 Å². The lowest BCUT2D eigenvalue weighted by Crippen LogP contribution is -2.39. The van der Waals surface area contributed by atoms with Gasteiger partial charge in [0.2, 0.25) is 15.9 Å². The number of thiophene rings is 1. The summed E-state index contributed by atoms with van der Waals surface area (Å²) < 4.78 is 28.5. The van der Waals surface area contributed by atoms with Crippen molar-refractivity contribution < 1.29 is 13.2 Å². The van der Waals surface area contributed by atoms with Gasteiger partial charge in [-0.1, -0.05) is 13.0 Å². The first-order valence-electron chi connectivity index (χ1n) is 10.7. The molecule has 168 valence electrons. The Morgan fingerprint density at radius 3 is 2.77 bits per heavy atom. The van der Waals surface area contributed by atoms with Crippen LogP contribution in [0.3, 0.4) is 0 Å². The molecule has 3 heterocycles. The van der Waals surface area contributed by atoms with Gasteiger partial charge in [0.15, 0.2) is 0 Å². The standard InChI is InChI=1S/C22H29N3O3S3/c1-16-15-30-21-5-4-19(13-20(21)24-22(16)26)31(27,28)23-14-17-6-9-25(10-7-17)11-8-18-3-2-12-29-18/h2-5,12-13,16-17,23H,6-11,14-15H2,1H3,(H,24,26). The highest BCUT2D eigenvalue weighted by Crippen LogP contribution is 2.34. The van der Waals surface area contributed by atoms with Gasteiger partial charge in [-0.15, -0.1) is 23.1 Å². The highest BCUT2D eigenvalue weighted by Gasteiger charge is 2.25. The fourth-order valence-electron chi connectivity index (χ4n) is 3.89. The first kappa shape index (κ1) is 22.8. The molecule has 2 N–H and O–H groups in total. The molecule has 9 heteroatoms. The number of nitrogens with one attached hydrogen (secondary N) is 2. The van der Waals surface area contributed by atoms with E-state index in [0.29, 0.717) is 23.9 Å². The maximum Gasteiger partial charge on any atom is 0.240 e. The lowest BCUT2D eigenvalue weighted by molar-refractivity contribution is -0.118. The minimum atomic E-state index is -3.61. The number of carbonyl (C=O) groups is 1. The van der Waals surface area contributed by atoms with Crippen molar-refractivity contribution in [1.29, 1.82) is 0 Å². The molecule has 1 aromatic heterocycles. The summed E-state index contributed by atoms with van der Waals surface area (Å²) in [7, 11) is -3.61. The van der Waals surface area contributed by atoms with E-state index in [4.69, 9.17) is 0 Å². The lowest BCUT2D eigenvalue weighted by Gasteiger charge is -2.31. The molecule has 4 rings (SSSR count). The number of amides is 1. The molecule has 31 heavy (non-hydrogen) atoms. The minimum Gasteiger partial charge on any atom is -0.325 e. The van der Waals surface area contributed by atoms with Crippen molar-refractivity contribution in [3.05, 3.63) is 40.6 Å². The average Bonchev–Trinajstić information content (AvgIpc) is 3.24. The molecule has 1 aromatic carbocycles. The molecule has 0 bridgehead atoms. The number of nitrogens with zero attached hydrogens (tertiary/aromatic N) is 1. The zero-order valence-corrected chi connectivity index (χ0v) is 20.1. The van der Waals surface area contributed by atoms with Crippen molar-refractivity contribution in [2.24, 2.45) is 11.8 Å². The predicted octanol–water partition coefficient (Wildman–Crippen LogP) is 3.66. The van der Waals surface area contributed by atoms with Crippen molar-refractivity contribution in [3.63, 3.8) is 0 Å². The van der Waals surface area contributed by atoms with Crippen LogP contribution < -0.4 is 10.0 Å². The molecule has 1 unspecified atom stereocenters. The highest BCUT2D eigenvalue weighted by atomic mass is 32.2. The maximum atomic E-state index is 12.9. The van der Waals surface area contributed by atoms with Crippen LogP contribution in [0.1, 0.15) is 24.6 Å². The second kappa shape index (κ2) is 10.0. The van der Waals surface area contributed by atoms with Crippen molar-refractivity contribution in [2.45, 2.75) is 36.0 Å². The van der Waals surface area contributed by atoms with Gasteiger partial charge in [0.25, 0.3) is 0 Å². The molecule has 0 aliphatic carbocycles. The topological polar surface area (TPSA) is 78.5 Å². The van der Waals surface area contributed by atoms with E-state index < -0.39 is 10.0 Å². The van der Waals surface area contributed by atoms with Gasteiger partial charge >= 0.3 is 0 Å². The van der Waals surface area contributed by atoms with Gasteiger partial charge in [-0.3, -0.25) is 4.79 Å². The van der Waals surface area contributed by atoms with Crippen LogP contribution in [0.15, 0.2) is 45.5 Å². The fraction of sp³-hybridized carbons (Fsp3) is 0.500. The first-order chi connectivity index (χ1) is 14.9. The zero-order chi connectivity index (χ0) is 21.8. The summed E-state index contributed by atoms with van der Waals surface area (Å²) in [6, 6.07) is 9.27. The number of hydrogen-bond donors (Lipinski definition) is 2. The number of benzene rings is 1. The number of thioether (sulfide) groups is 1. The van der Waals surface area contributed by atoms with Crippen LogP contribution >= 0.6 is 23.1 Å². The van der Waals surface area contributed by atoms with Gasteiger partial charge in [-0.2, -0.15) is 0 Å². The summed E-state index contributed by atoms with van der Waals surface area (Å²) in [5, 5.41) is 4.98. The van der Waals surface area contributed by atoms with E-state index in [1.807, 2.05) is 6.92 Å². The molecule has 1 atom stereocenters. The molecule has 2 aromatic rings. The van der Waals surface area contributed by atoms with E-state index in [2.05, 4.69) is 32.5 Å². The zero-order valence-electron chi connectivity index (χ0n) is 17.7. The van der Waals surface area contributed by atoms with E-state index in [9.17, 15) is 13.2 Å². The van der Waals surface area contributed by atoms with E-state index >= 15 is 0 Å². The minimum absolute atomic E-state index is 0.0698. The Hall–Kier alpha value is -1.39. The van der Waals surface area contributed by atoms with Crippen molar-refractivity contribution in [1.82, 2.24) is 9.62 Å². The number of carbonyl (C=O) groups excluding carboxylic acids is 1. The molecular weight excluding hydrogens is 450 g/mol. The second-order valence-corrected chi connectivity index (χ2v) is 12.2. The summed E-state index contributed by atoms with van der Waals surface area (Å²) in [6.45, 7) is 5.42. The third kappa shape index (κ3) is 5.90. The van der Waals surface area contributed by atoms with Crippen molar-refractivity contribution in [3.8, 4) is 0 Å². The van der Waals surface area contributed by atoms with Gasteiger partial charge in [0.05, 0.1) is 10.6 Å². The van der Waals surface area contributed by atoms with E-state index in [-0.39, 0.29) is 16.7 Å². The molecule has 1 saturated heterocycles. The molecule has 0 saturated carbocycles. The third-order valence-corrected chi connectivity index (χ3v) is 9.67. The number of rotatable bonds is 7. The number of hydrogen-bond acceptors (Lipinski definition) is 6. The molecule has 2 aliphatic heterocycles. The smallest absolute Gasteiger partial charge is 0.240 e. The highest BCUT2D eigenvalue weighted by molar-refractivity contribution is 7.99. The van der Waals surface area contributed by atoms with Crippen molar-refractivity contribution in [2.75, 3.05) is 37.2 Å². The number of fused-ring (bicyclic) bond motifs is 1. The molecule has 1 fully saturated rings. The van der Waals surface area contributed by atoms with Gasteiger partial charge < -0.3 is 10.2 Å². The van der Waals surface area contributed by atoms with Gasteiger partial charge in [-0.25, -0.2) is 13.1 Å². The SMILES string of the molecule is CC1CSc2ccc(S(=O)(=O)NCC3CCN(CCc4cccs4)CC3)cc2NC1=O. The molecule has 0 radical (unpaired) electrons. The summed E-state index contributed by atoms with van der Waals surface area (Å²) >= 11 is 3.38. The van der Waals surface area contributed by atoms with Crippen molar-refractivity contribution >= 4 is 44.7 Å². The van der Waals surface area contributed by atoms with Crippen LogP contribution in [0.25, 0.3) is 0 Å². The van der Waals surface area contributed by atoms with Gasteiger partial charge in [0.1, 0.15) is 0 Å². The summed E-state index contributed by atoms with van der Waals surface area (Å²) in [4.78, 5) is 17.1. The molecule has 6 nitrogen and oxygen atoms in total. The summed E-state index contributed by atoms with van der Waals surface area (Å²) in [5.74, 6) is 0.867.